The highest BCUT2D eigenvalue weighted by Crippen LogP contribution is 2.31. The van der Waals surface area contributed by atoms with E-state index >= 15 is 0 Å². The van der Waals surface area contributed by atoms with Crippen LogP contribution in [0.1, 0.15) is 47.5 Å². The average molecular weight is 229 g/mol. The van der Waals surface area contributed by atoms with Crippen LogP contribution in [0.5, 0.6) is 0 Å². The molecule has 0 aromatic heterocycles. The Labute approximate surface area is 97.4 Å². The van der Waals surface area contributed by atoms with Gasteiger partial charge in [0.1, 0.15) is 12.4 Å². The smallest absolute Gasteiger partial charge is 0.246 e. The molecule has 94 valence electrons. The van der Waals surface area contributed by atoms with Gasteiger partial charge in [0.05, 0.1) is 0 Å². The Balaban J connectivity index is 4.44. The second kappa shape index (κ2) is 5.43. The van der Waals surface area contributed by atoms with Crippen molar-refractivity contribution in [2.75, 3.05) is 6.61 Å². The van der Waals surface area contributed by atoms with Crippen molar-refractivity contribution < 1.29 is 14.7 Å². The van der Waals surface area contributed by atoms with E-state index in [-0.39, 0.29) is 17.1 Å². The number of hydrogen-bond donors (Lipinski definition) is 2. The van der Waals surface area contributed by atoms with Crippen LogP contribution < -0.4 is 5.32 Å². The Kier molecular flexibility index (Phi) is 5.13. The molecule has 0 radical (unpaired) electrons. The lowest BCUT2D eigenvalue weighted by Crippen LogP contribution is -2.47. The van der Waals surface area contributed by atoms with E-state index in [1.54, 1.807) is 6.92 Å². The topological polar surface area (TPSA) is 66.4 Å². The van der Waals surface area contributed by atoms with Crippen molar-refractivity contribution >= 4 is 11.7 Å². The lowest BCUT2D eigenvalue weighted by molar-refractivity contribution is -0.125. The first-order chi connectivity index (χ1) is 7.08. The number of nitrogens with one attached hydrogen (secondary N) is 1. The van der Waals surface area contributed by atoms with E-state index in [0.29, 0.717) is 12.8 Å². The van der Waals surface area contributed by atoms with Gasteiger partial charge < -0.3 is 15.2 Å². The molecule has 0 aliphatic carbocycles. The zero-order valence-electron chi connectivity index (χ0n) is 10.9. The third kappa shape index (κ3) is 6.56. The predicted octanol–water partition coefficient (Wildman–Crippen LogP) is 1.27. The second-order valence-electron chi connectivity index (χ2n) is 5.81. The number of ketones is 1. The Morgan fingerprint density at radius 1 is 1.19 bits per heavy atom. The summed E-state index contributed by atoms with van der Waals surface area (Å²) in [4.78, 5) is 22.2. The average Bonchev–Trinajstić information content (AvgIpc) is 1.97. The maximum Gasteiger partial charge on any atom is 0.246 e. The number of carbonyl (C=O) groups is 2. The summed E-state index contributed by atoms with van der Waals surface area (Å²) in [6.45, 7) is 8.85. The minimum Gasteiger partial charge on any atom is -0.387 e. The normalized spacial score (nSPS) is 12.4. The Morgan fingerprint density at radius 2 is 1.69 bits per heavy atom. The van der Waals surface area contributed by atoms with Gasteiger partial charge >= 0.3 is 0 Å². The summed E-state index contributed by atoms with van der Waals surface area (Å²) >= 11 is 0. The van der Waals surface area contributed by atoms with E-state index < -0.39 is 12.1 Å². The van der Waals surface area contributed by atoms with Crippen LogP contribution in [0.3, 0.4) is 0 Å². The van der Waals surface area contributed by atoms with Crippen molar-refractivity contribution in [2.24, 2.45) is 5.41 Å². The first kappa shape index (κ1) is 15.1. The van der Waals surface area contributed by atoms with Crippen molar-refractivity contribution in [1.82, 2.24) is 5.32 Å². The minimum absolute atomic E-state index is 0.147. The SMILES string of the molecule is CC(=O)CC(C)(C)CC(C)(C)NC(=O)CO. The molecule has 1 amide bonds. The predicted molar refractivity (Wildman–Crippen MR) is 63.0 cm³/mol. The summed E-state index contributed by atoms with van der Waals surface area (Å²) in [5.74, 6) is -0.238. The molecule has 0 aliphatic heterocycles. The van der Waals surface area contributed by atoms with Crippen molar-refractivity contribution in [1.29, 1.82) is 0 Å². The van der Waals surface area contributed by atoms with Crippen LogP contribution in [0.2, 0.25) is 0 Å². The summed E-state index contributed by atoms with van der Waals surface area (Å²) in [5.41, 5.74) is -0.573. The molecular weight excluding hydrogens is 206 g/mol. The van der Waals surface area contributed by atoms with Gasteiger partial charge in [-0.15, -0.1) is 0 Å². The number of Topliss-reactive ketones (excluding diaryl/α,β-unsaturated/α-hetero) is 1. The number of amides is 1. The molecule has 0 aromatic rings. The van der Waals surface area contributed by atoms with E-state index in [2.05, 4.69) is 5.32 Å². The quantitative estimate of drug-likeness (QED) is 0.720. The molecule has 0 saturated carbocycles. The first-order valence-electron chi connectivity index (χ1n) is 5.49. The number of hydrogen-bond acceptors (Lipinski definition) is 3. The third-order valence-corrected chi connectivity index (χ3v) is 2.27. The molecule has 0 spiro atoms. The van der Waals surface area contributed by atoms with Crippen LogP contribution in [-0.4, -0.2) is 28.9 Å². The van der Waals surface area contributed by atoms with Gasteiger partial charge in [-0.2, -0.15) is 0 Å². The van der Waals surface area contributed by atoms with E-state index in [4.69, 9.17) is 5.11 Å². The number of aliphatic hydroxyl groups is 1. The Morgan fingerprint density at radius 3 is 2.06 bits per heavy atom. The van der Waals surface area contributed by atoms with E-state index in [0.717, 1.165) is 0 Å². The van der Waals surface area contributed by atoms with Gasteiger partial charge in [0.25, 0.3) is 0 Å². The third-order valence-electron chi connectivity index (χ3n) is 2.27. The van der Waals surface area contributed by atoms with Crippen molar-refractivity contribution in [3.63, 3.8) is 0 Å². The van der Waals surface area contributed by atoms with Gasteiger partial charge in [-0.05, 0) is 32.6 Å². The van der Waals surface area contributed by atoms with Crippen LogP contribution >= 0.6 is 0 Å². The molecule has 0 bridgehead atoms. The molecule has 0 atom stereocenters. The van der Waals surface area contributed by atoms with Gasteiger partial charge in [-0.1, -0.05) is 13.8 Å². The van der Waals surface area contributed by atoms with Crippen LogP contribution in [0.4, 0.5) is 0 Å². The maximum absolute atomic E-state index is 11.1. The zero-order chi connectivity index (χ0) is 13.0. The second-order valence-corrected chi connectivity index (χ2v) is 5.81. The molecule has 0 unspecified atom stereocenters. The molecule has 0 aromatic carbocycles. The van der Waals surface area contributed by atoms with Crippen LogP contribution in [-0.2, 0) is 9.59 Å². The van der Waals surface area contributed by atoms with Gasteiger partial charge in [0.15, 0.2) is 0 Å². The van der Waals surface area contributed by atoms with Crippen LogP contribution in [0.25, 0.3) is 0 Å². The fourth-order valence-corrected chi connectivity index (χ4v) is 2.39. The highest BCUT2D eigenvalue weighted by Gasteiger charge is 2.30. The number of rotatable bonds is 6. The van der Waals surface area contributed by atoms with Crippen LogP contribution in [0.15, 0.2) is 0 Å². The summed E-state index contributed by atoms with van der Waals surface area (Å²) in [5, 5.41) is 11.4. The Bertz CT molecular complexity index is 269. The van der Waals surface area contributed by atoms with Crippen molar-refractivity contribution in [3.8, 4) is 0 Å². The number of carbonyl (C=O) groups excluding carboxylic acids is 2. The van der Waals surface area contributed by atoms with E-state index in [1.165, 1.54) is 0 Å². The summed E-state index contributed by atoms with van der Waals surface area (Å²) in [6, 6.07) is 0. The van der Waals surface area contributed by atoms with Gasteiger partial charge in [-0.25, -0.2) is 0 Å². The molecule has 0 saturated heterocycles. The molecule has 0 rings (SSSR count). The van der Waals surface area contributed by atoms with E-state index in [1.807, 2.05) is 27.7 Å². The van der Waals surface area contributed by atoms with Gasteiger partial charge in [0.2, 0.25) is 5.91 Å². The summed E-state index contributed by atoms with van der Waals surface area (Å²) < 4.78 is 0. The van der Waals surface area contributed by atoms with Gasteiger partial charge in [0, 0.05) is 12.0 Å². The van der Waals surface area contributed by atoms with E-state index in [9.17, 15) is 9.59 Å². The molecule has 0 heterocycles. The highest BCUT2D eigenvalue weighted by atomic mass is 16.3. The lowest BCUT2D eigenvalue weighted by Gasteiger charge is -2.35. The van der Waals surface area contributed by atoms with Crippen LogP contribution in [0, 0.1) is 5.41 Å². The minimum atomic E-state index is -0.503. The summed E-state index contributed by atoms with van der Waals surface area (Å²) in [6.07, 6.45) is 1.18. The first-order valence-corrected chi connectivity index (χ1v) is 5.49. The van der Waals surface area contributed by atoms with Gasteiger partial charge in [-0.3, -0.25) is 4.79 Å². The van der Waals surface area contributed by atoms with Crippen molar-refractivity contribution in [2.45, 2.75) is 53.0 Å². The fourth-order valence-electron chi connectivity index (χ4n) is 2.39. The standard InChI is InChI=1S/C12H23NO3/c1-9(15)6-11(2,3)8-12(4,5)13-10(16)7-14/h14H,6-8H2,1-5H3,(H,13,16). The fraction of sp³-hybridized carbons (Fsp3) is 0.833. The monoisotopic (exact) mass is 229 g/mol. The Hall–Kier alpha value is -0.900. The molecule has 0 fully saturated rings. The molecule has 4 nitrogen and oxygen atoms in total. The van der Waals surface area contributed by atoms with Crippen molar-refractivity contribution in [3.05, 3.63) is 0 Å². The molecule has 16 heavy (non-hydrogen) atoms. The molecule has 2 N–H and O–H groups in total. The lowest BCUT2D eigenvalue weighted by atomic mass is 9.77. The number of aliphatic hydroxyl groups excluding tert-OH is 1. The maximum atomic E-state index is 11.1. The zero-order valence-corrected chi connectivity index (χ0v) is 10.9. The molecule has 4 heteroatoms. The summed E-state index contributed by atoms with van der Waals surface area (Å²) in [7, 11) is 0. The largest absolute Gasteiger partial charge is 0.387 e. The molecular formula is C12H23NO3. The highest BCUT2D eigenvalue weighted by molar-refractivity contribution is 5.78. The molecule has 0 aliphatic rings.